The van der Waals surface area contributed by atoms with E-state index in [0.29, 0.717) is 31.7 Å². The van der Waals surface area contributed by atoms with Crippen molar-refractivity contribution in [2.24, 2.45) is 5.73 Å². The molecular formula is C13H19ClN2O2. The molecule has 0 aromatic heterocycles. The summed E-state index contributed by atoms with van der Waals surface area (Å²) in [5.74, 6) is 0.679. The fraction of sp³-hybridized carbons (Fsp3) is 0.308. The molecule has 1 aromatic carbocycles. The van der Waals surface area contributed by atoms with E-state index in [1.165, 1.54) is 0 Å². The number of anilines is 1. The van der Waals surface area contributed by atoms with Crippen molar-refractivity contribution >= 4 is 24.0 Å². The molecule has 0 aliphatic rings. The second-order valence-electron chi connectivity index (χ2n) is 3.57. The summed E-state index contributed by atoms with van der Waals surface area (Å²) < 4.78 is 5.37. The first kappa shape index (κ1) is 16.5. The topological polar surface area (TPSA) is 64.3 Å². The molecule has 0 saturated heterocycles. The summed E-state index contributed by atoms with van der Waals surface area (Å²) in [5.41, 5.74) is 6.07. The zero-order chi connectivity index (χ0) is 12.5. The van der Waals surface area contributed by atoms with Gasteiger partial charge < -0.3 is 15.8 Å². The van der Waals surface area contributed by atoms with Gasteiger partial charge in [-0.15, -0.1) is 12.4 Å². The quantitative estimate of drug-likeness (QED) is 0.748. The van der Waals surface area contributed by atoms with Gasteiger partial charge in [-0.3, -0.25) is 4.79 Å². The van der Waals surface area contributed by atoms with Crippen LogP contribution in [0.3, 0.4) is 0 Å². The number of amides is 1. The molecule has 0 heterocycles. The monoisotopic (exact) mass is 270 g/mol. The molecular weight excluding hydrogens is 252 g/mol. The predicted octanol–water partition coefficient (Wildman–Crippen LogP) is 2.35. The third-order valence-electron chi connectivity index (χ3n) is 2.09. The molecule has 0 saturated carbocycles. The Morgan fingerprint density at radius 3 is 2.94 bits per heavy atom. The van der Waals surface area contributed by atoms with Crippen LogP contribution < -0.4 is 15.8 Å². The van der Waals surface area contributed by atoms with E-state index in [0.717, 1.165) is 5.69 Å². The van der Waals surface area contributed by atoms with Crippen LogP contribution >= 0.6 is 12.4 Å². The van der Waals surface area contributed by atoms with Crippen LogP contribution in [0, 0.1) is 0 Å². The highest BCUT2D eigenvalue weighted by Crippen LogP contribution is 2.17. The van der Waals surface area contributed by atoms with Crippen molar-refractivity contribution < 1.29 is 9.53 Å². The highest BCUT2D eigenvalue weighted by atomic mass is 35.5. The molecule has 5 heteroatoms. The van der Waals surface area contributed by atoms with Gasteiger partial charge in [0.2, 0.25) is 5.91 Å². The largest absolute Gasteiger partial charge is 0.489 e. The Morgan fingerprint density at radius 1 is 1.50 bits per heavy atom. The Morgan fingerprint density at radius 2 is 2.28 bits per heavy atom. The number of nitrogens with two attached hydrogens (primary N) is 1. The molecule has 0 aliphatic carbocycles. The first-order valence-corrected chi connectivity index (χ1v) is 5.60. The second-order valence-corrected chi connectivity index (χ2v) is 3.57. The number of nitrogens with one attached hydrogen (secondary N) is 1. The summed E-state index contributed by atoms with van der Waals surface area (Å²) in [4.78, 5) is 11.5. The molecule has 0 bridgehead atoms. The number of hydrogen-bond acceptors (Lipinski definition) is 3. The lowest BCUT2D eigenvalue weighted by atomic mass is 10.2. The lowest BCUT2D eigenvalue weighted by Gasteiger charge is -2.07. The van der Waals surface area contributed by atoms with E-state index in [4.69, 9.17) is 10.5 Å². The van der Waals surface area contributed by atoms with E-state index >= 15 is 0 Å². The summed E-state index contributed by atoms with van der Waals surface area (Å²) >= 11 is 0. The molecule has 0 unspecified atom stereocenters. The van der Waals surface area contributed by atoms with Crippen LogP contribution in [0.4, 0.5) is 5.69 Å². The minimum absolute atomic E-state index is 0. The zero-order valence-corrected chi connectivity index (χ0v) is 11.0. The molecule has 100 valence electrons. The Bertz CT molecular complexity index is 383. The fourth-order valence-corrected chi connectivity index (χ4v) is 1.30. The Hall–Kier alpha value is -1.52. The van der Waals surface area contributed by atoms with Gasteiger partial charge in [-0.25, -0.2) is 0 Å². The SMILES string of the molecule is C=CCOc1cccc(NC(=O)CCCN)c1.Cl. The van der Waals surface area contributed by atoms with Gasteiger partial charge in [-0.2, -0.15) is 0 Å². The van der Waals surface area contributed by atoms with Gasteiger partial charge in [0.15, 0.2) is 0 Å². The summed E-state index contributed by atoms with van der Waals surface area (Å²) in [6.45, 7) is 4.55. The van der Waals surface area contributed by atoms with Crippen molar-refractivity contribution in [3.05, 3.63) is 36.9 Å². The normalized spacial score (nSPS) is 9.17. The van der Waals surface area contributed by atoms with Gasteiger partial charge in [0.05, 0.1) is 0 Å². The molecule has 3 N–H and O–H groups in total. The Labute approximate surface area is 114 Å². The number of ether oxygens (including phenoxy) is 1. The average Bonchev–Trinajstić information content (AvgIpc) is 2.34. The zero-order valence-electron chi connectivity index (χ0n) is 10.2. The first-order valence-electron chi connectivity index (χ1n) is 5.60. The molecule has 4 nitrogen and oxygen atoms in total. The number of carbonyl (C=O) groups excluding carboxylic acids is 1. The molecule has 0 fully saturated rings. The van der Waals surface area contributed by atoms with E-state index < -0.39 is 0 Å². The number of halogens is 1. The van der Waals surface area contributed by atoms with E-state index in [-0.39, 0.29) is 18.3 Å². The molecule has 0 spiro atoms. The molecule has 1 rings (SSSR count). The molecule has 0 radical (unpaired) electrons. The minimum Gasteiger partial charge on any atom is -0.489 e. The van der Waals surface area contributed by atoms with E-state index in [9.17, 15) is 4.79 Å². The van der Waals surface area contributed by atoms with E-state index in [1.54, 1.807) is 12.1 Å². The molecule has 1 amide bonds. The lowest BCUT2D eigenvalue weighted by molar-refractivity contribution is -0.116. The third-order valence-corrected chi connectivity index (χ3v) is 2.09. The number of carbonyl (C=O) groups is 1. The average molecular weight is 271 g/mol. The third kappa shape index (κ3) is 6.27. The van der Waals surface area contributed by atoms with E-state index in [1.807, 2.05) is 18.2 Å². The van der Waals surface area contributed by atoms with Gasteiger partial charge in [0.25, 0.3) is 0 Å². The summed E-state index contributed by atoms with van der Waals surface area (Å²) in [6.07, 6.45) is 2.80. The molecule has 0 aliphatic heterocycles. The van der Waals surface area contributed by atoms with Crippen LogP contribution in [0.25, 0.3) is 0 Å². The molecule has 0 atom stereocenters. The van der Waals surface area contributed by atoms with E-state index in [2.05, 4.69) is 11.9 Å². The Kier molecular flexibility index (Phi) is 8.70. The smallest absolute Gasteiger partial charge is 0.224 e. The fourth-order valence-electron chi connectivity index (χ4n) is 1.30. The van der Waals surface area contributed by atoms with Gasteiger partial charge in [0, 0.05) is 18.2 Å². The minimum atomic E-state index is -0.0312. The van der Waals surface area contributed by atoms with Gasteiger partial charge in [-0.05, 0) is 25.1 Å². The van der Waals surface area contributed by atoms with Gasteiger partial charge in [0.1, 0.15) is 12.4 Å². The highest BCUT2D eigenvalue weighted by Gasteiger charge is 2.02. The van der Waals surface area contributed by atoms with Crippen LogP contribution in [-0.4, -0.2) is 19.1 Å². The van der Waals surface area contributed by atoms with Crippen LogP contribution in [-0.2, 0) is 4.79 Å². The molecule has 18 heavy (non-hydrogen) atoms. The maximum Gasteiger partial charge on any atom is 0.224 e. The maximum absolute atomic E-state index is 11.5. The van der Waals surface area contributed by atoms with Crippen molar-refractivity contribution in [3.63, 3.8) is 0 Å². The van der Waals surface area contributed by atoms with Crippen LogP contribution in [0.1, 0.15) is 12.8 Å². The van der Waals surface area contributed by atoms with Gasteiger partial charge >= 0.3 is 0 Å². The summed E-state index contributed by atoms with van der Waals surface area (Å²) in [6, 6.07) is 7.26. The van der Waals surface area contributed by atoms with Crippen molar-refractivity contribution in [2.45, 2.75) is 12.8 Å². The van der Waals surface area contributed by atoms with Crippen LogP contribution in [0.5, 0.6) is 5.75 Å². The van der Waals surface area contributed by atoms with Crippen molar-refractivity contribution in [3.8, 4) is 5.75 Å². The molecule has 1 aromatic rings. The summed E-state index contributed by atoms with van der Waals surface area (Å²) in [7, 11) is 0. The van der Waals surface area contributed by atoms with Gasteiger partial charge in [-0.1, -0.05) is 18.7 Å². The number of benzene rings is 1. The van der Waals surface area contributed by atoms with Crippen LogP contribution in [0.2, 0.25) is 0 Å². The first-order chi connectivity index (χ1) is 8.26. The van der Waals surface area contributed by atoms with Crippen molar-refractivity contribution in [1.82, 2.24) is 0 Å². The lowest BCUT2D eigenvalue weighted by Crippen LogP contribution is -2.13. The Balaban J connectivity index is 0.00000289. The standard InChI is InChI=1S/C13H18N2O2.ClH/c1-2-9-17-12-6-3-5-11(10-12)15-13(16)7-4-8-14;/h2-3,5-6,10H,1,4,7-9,14H2,(H,15,16);1H. The number of rotatable bonds is 7. The van der Waals surface area contributed by atoms with Crippen molar-refractivity contribution in [1.29, 1.82) is 0 Å². The maximum atomic E-state index is 11.5. The van der Waals surface area contributed by atoms with Crippen LogP contribution in [0.15, 0.2) is 36.9 Å². The van der Waals surface area contributed by atoms with Crippen molar-refractivity contribution in [2.75, 3.05) is 18.5 Å². The number of hydrogen-bond donors (Lipinski definition) is 2. The predicted molar refractivity (Wildman–Crippen MR) is 76.3 cm³/mol. The summed E-state index contributed by atoms with van der Waals surface area (Å²) in [5, 5.41) is 2.79. The second kappa shape index (κ2) is 9.50. The highest BCUT2D eigenvalue weighted by molar-refractivity contribution is 5.90.